The fraction of sp³-hybridized carbons (Fsp3) is 0.556. The Morgan fingerprint density at radius 3 is 2.48 bits per heavy atom. The molecule has 1 fully saturated rings. The molecule has 0 bridgehead atoms. The van der Waals surface area contributed by atoms with Crippen LogP contribution in [0.15, 0.2) is 30.3 Å². The molecule has 1 atom stereocenters. The van der Waals surface area contributed by atoms with Crippen LogP contribution in [0.1, 0.15) is 32.7 Å². The number of ether oxygens (including phenoxy) is 1. The highest BCUT2D eigenvalue weighted by atomic mass is 16.5. The van der Waals surface area contributed by atoms with Crippen LogP contribution in [-0.2, 0) is 9.53 Å². The molecule has 1 aliphatic rings. The first-order valence-electron chi connectivity index (χ1n) is 8.76. The number of carbonyl (C=O) groups is 1. The first kappa shape index (κ1) is 17.5. The van der Waals surface area contributed by atoms with E-state index in [0.29, 0.717) is 18.9 Å². The van der Waals surface area contributed by atoms with Crippen molar-refractivity contribution in [2.45, 2.75) is 38.8 Å². The molecule has 3 rings (SSSR count). The smallest absolute Gasteiger partial charge is 0.249 e. The summed E-state index contributed by atoms with van der Waals surface area (Å²) < 4.78 is 5.39. The van der Waals surface area contributed by atoms with Gasteiger partial charge in [0.15, 0.2) is 6.04 Å². The molecule has 0 radical (unpaired) electrons. The number of aromatic nitrogens is 4. The molecule has 1 aliphatic heterocycles. The number of amides is 1. The number of likely N-dealkylation sites (tertiary alicyclic amines) is 1. The van der Waals surface area contributed by atoms with Crippen molar-refractivity contribution in [2.75, 3.05) is 20.2 Å². The number of carbonyl (C=O) groups excluding carboxylic acids is 1. The van der Waals surface area contributed by atoms with Gasteiger partial charge in [-0.2, -0.15) is 4.80 Å². The predicted molar refractivity (Wildman–Crippen MR) is 93.7 cm³/mol. The highest BCUT2D eigenvalue weighted by Crippen LogP contribution is 2.23. The molecule has 1 aromatic heterocycles. The van der Waals surface area contributed by atoms with E-state index in [1.165, 1.54) is 4.80 Å². The minimum atomic E-state index is -0.441. The van der Waals surface area contributed by atoms with Crippen LogP contribution < -0.4 is 0 Å². The van der Waals surface area contributed by atoms with Gasteiger partial charge in [0.05, 0.1) is 6.10 Å². The van der Waals surface area contributed by atoms with Gasteiger partial charge in [-0.1, -0.05) is 44.2 Å². The summed E-state index contributed by atoms with van der Waals surface area (Å²) >= 11 is 0. The van der Waals surface area contributed by atoms with E-state index >= 15 is 0 Å². The van der Waals surface area contributed by atoms with Gasteiger partial charge in [0.1, 0.15) is 0 Å². The minimum absolute atomic E-state index is 0.0570. The van der Waals surface area contributed by atoms with Crippen LogP contribution >= 0.6 is 0 Å². The lowest BCUT2D eigenvalue weighted by Gasteiger charge is -2.34. The predicted octanol–water partition coefficient (Wildman–Crippen LogP) is 2.17. The second-order valence-corrected chi connectivity index (χ2v) is 6.75. The number of piperidine rings is 1. The van der Waals surface area contributed by atoms with Crippen LogP contribution in [0.4, 0.5) is 0 Å². The number of rotatable bonds is 5. The molecule has 0 aliphatic carbocycles. The van der Waals surface area contributed by atoms with Gasteiger partial charge in [-0.05, 0) is 24.0 Å². The Balaban J connectivity index is 1.78. The summed E-state index contributed by atoms with van der Waals surface area (Å²) in [5.41, 5.74) is 0.893. The first-order valence-corrected chi connectivity index (χ1v) is 8.76. The first-order chi connectivity index (χ1) is 12.1. The Morgan fingerprint density at radius 1 is 1.20 bits per heavy atom. The highest BCUT2D eigenvalue weighted by Gasteiger charge is 2.33. The van der Waals surface area contributed by atoms with Crippen LogP contribution in [0.25, 0.3) is 11.4 Å². The maximum atomic E-state index is 13.0. The minimum Gasteiger partial charge on any atom is -0.381 e. The number of tetrazole rings is 1. The van der Waals surface area contributed by atoms with Gasteiger partial charge >= 0.3 is 0 Å². The van der Waals surface area contributed by atoms with Crippen molar-refractivity contribution in [3.8, 4) is 11.4 Å². The Morgan fingerprint density at radius 2 is 1.88 bits per heavy atom. The molecule has 1 aromatic carbocycles. The third-order valence-corrected chi connectivity index (χ3v) is 4.68. The van der Waals surface area contributed by atoms with Gasteiger partial charge in [-0.25, -0.2) is 0 Å². The van der Waals surface area contributed by atoms with Crippen LogP contribution in [0, 0.1) is 5.92 Å². The Bertz CT molecular complexity index is 693. The number of methoxy groups -OCH3 is 1. The molecule has 0 saturated carbocycles. The average molecular weight is 343 g/mol. The molecule has 7 nitrogen and oxygen atoms in total. The van der Waals surface area contributed by atoms with Crippen LogP contribution in [0.3, 0.4) is 0 Å². The normalized spacial score (nSPS) is 17.0. The Hall–Kier alpha value is -2.28. The van der Waals surface area contributed by atoms with Gasteiger partial charge in [0.2, 0.25) is 11.7 Å². The maximum Gasteiger partial charge on any atom is 0.249 e. The van der Waals surface area contributed by atoms with Crippen LogP contribution in [-0.4, -0.2) is 57.3 Å². The highest BCUT2D eigenvalue weighted by molar-refractivity contribution is 5.80. The zero-order valence-electron chi connectivity index (χ0n) is 15.0. The van der Waals surface area contributed by atoms with E-state index in [9.17, 15) is 4.79 Å². The summed E-state index contributed by atoms with van der Waals surface area (Å²) in [4.78, 5) is 16.4. The SMILES string of the molecule is COC1CCN(C(=O)C(C(C)C)n2nnc(-c3ccccc3)n2)CC1. The molecule has 0 N–H and O–H groups in total. The Labute approximate surface area is 148 Å². The van der Waals surface area contributed by atoms with Crippen molar-refractivity contribution in [3.05, 3.63) is 30.3 Å². The van der Waals surface area contributed by atoms with Crippen LogP contribution in [0.5, 0.6) is 0 Å². The quantitative estimate of drug-likeness (QED) is 0.832. The number of benzene rings is 1. The second-order valence-electron chi connectivity index (χ2n) is 6.75. The van der Waals surface area contributed by atoms with Crippen molar-refractivity contribution in [3.63, 3.8) is 0 Å². The lowest BCUT2D eigenvalue weighted by Crippen LogP contribution is -2.45. The third-order valence-electron chi connectivity index (χ3n) is 4.68. The molecular formula is C18H25N5O2. The summed E-state index contributed by atoms with van der Waals surface area (Å²) in [6.07, 6.45) is 1.98. The van der Waals surface area contributed by atoms with Crippen molar-refractivity contribution in [1.29, 1.82) is 0 Å². The van der Waals surface area contributed by atoms with E-state index in [0.717, 1.165) is 18.4 Å². The molecule has 134 valence electrons. The summed E-state index contributed by atoms with van der Waals surface area (Å²) in [5.74, 6) is 0.671. The van der Waals surface area contributed by atoms with Crippen LogP contribution in [0.2, 0.25) is 0 Å². The molecule has 7 heteroatoms. The molecule has 2 aromatic rings. The van der Waals surface area contributed by atoms with Crippen molar-refractivity contribution < 1.29 is 9.53 Å². The zero-order chi connectivity index (χ0) is 17.8. The topological polar surface area (TPSA) is 73.1 Å². The van der Waals surface area contributed by atoms with Crippen molar-refractivity contribution in [1.82, 2.24) is 25.1 Å². The molecule has 25 heavy (non-hydrogen) atoms. The maximum absolute atomic E-state index is 13.0. The van der Waals surface area contributed by atoms with Crippen molar-refractivity contribution in [2.24, 2.45) is 5.92 Å². The number of hydrogen-bond donors (Lipinski definition) is 0. The lowest BCUT2D eigenvalue weighted by molar-refractivity contribution is -0.139. The van der Waals surface area contributed by atoms with Crippen molar-refractivity contribution >= 4 is 5.91 Å². The van der Waals surface area contributed by atoms with E-state index < -0.39 is 6.04 Å². The Kier molecular flexibility index (Phi) is 5.43. The summed E-state index contributed by atoms with van der Waals surface area (Å²) in [5, 5.41) is 12.8. The van der Waals surface area contributed by atoms with E-state index in [2.05, 4.69) is 15.4 Å². The number of hydrogen-bond acceptors (Lipinski definition) is 5. The molecule has 1 amide bonds. The third kappa shape index (κ3) is 3.87. The van der Waals surface area contributed by atoms with Gasteiger partial charge < -0.3 is 9.64 Å². The molecule has 2 heterocycles. The summed E-state index contributed by atoms with van der Waals surface area (Å²) in [6, 6.07) is 9.23. The lowest BCUT2D eigenvalue weighted by atomic mass is 10.0. The second kappa shape index (κ2) is 7.74. The van der Waals surface area contributed by atoms with Gasteiger partial charge in [-0.15, -0.1) is 10.2 Å². The van der Waals surface area contributed by atoms with E-state index in [1.54, 1.807) is 7.11 Å². The van der Waals surface area contributed by atoms with E-state index in [4.69, 9.17) is 4.74 Å². The molecule has 0 spiro atoms. The summed E-state index contributed by atoms with van der Waals surface area (Å²) in [6.45, 7) is 5.44. The molecular weight excluding hydrogens is 318 g/mol. The fourth-order valence-corrected chi connectivity index (χ4v) is 3.20. The van der Waals surface area contributed by atoms with Gasteiger partial charge in [0.25, 0.3) is 0 Å². The standard InChI is InChI=1S/C18H25N5O2/c1-13(2)16(18(24)22-11-9-15(25-3)10-12-22)23-20-17(19-21-23)14-7-5-4-6-8-14/h4-8,13,15-16H,9-12H2,1-3H3. The van der Waals surface area contributed by atoms with E-state index in [-0.39, 0.29) is 17.9 Å². The fourth-order valence-electron chi connectivity index (χ4n) is 3.20. The number of nitrogens with zero attached hydrogens (tertiary/aromatic N) is 5. The van der Waals surface area contributed by atoms with E-state index in [1.807, 2.05) is 49.1 Å². The van der Waals surface area contributed by atoms with Gasteiger partial charge in [0, 0.05) is 25.8 Å². The molecule has 1 saturated heterocycles. The summed E-state index contributed by atoms with van der Waals surface area (Å²) in [7, 11) is 1.73. The molecule has 1 unspecified atom stereocenters. The largest absolute Gasteiger partial charge is 0.381 e. The zero-order valence-corrected chi connectivity index (χ0v) is 15.0. The van der Waals surface area contributed by atoms with Gasteiger partial charge in [-0.3, -0.25) is 4.79 Å². The monoisotopic (exact) mass is 343 g/mol. The average Bonchev–Trinajstić information content (AvgIpc) is 3.12.